The van der Waals surface area contributed by atoms with Gasteiger partial charge in [0.25, 0.3) is 5.91 Å². The third kappa shape index (κ3) is 3.06. The van der Waals surface area contributed by atoms with Crippen LogP contribution in [-0.4, -0.2) is 30.0 Å². The number of aromatic nitrogens is 1. The number of hydrogen-bond acceptors (Lipinski definition) is 3. The molecule has 112 valence electrons. The first-order valence-electron chi connectivity index (χ1n) is 7.06. The highest BCUT2D eigenvalue weighted by molar-refractivity contribution is 5.98. The summed E-state index contributed by atoms with van der Waals surface area (Å²) < 4.78 is 0. The molecule has 22 heavy (non-hydrogen) atoms. The quantitative estimate of drug-likeness (QED) is 0.898. The normalized spacial score (nSPS) is 13.8. The number of benzene rings is 1. The summed E-state index contributed by atoms with van der Waals surface area (Å²) in [5, 5.41) is 5.59. The molecule has 1 aliphatic rings. The molecule has 0 unspecified atom stereocenters. The Balaban J connectivity index is 1.69. The number of hydrogen-bond donors (Lipinski definition) is 2. The summed E-state index contributed by atoms with van der Waals surface area (Å²) in [5.41, 5.74) is 2.19. The first-order chi connectivity index (χ1) is 10.7. The molecule has 1 aromatic carbocycles. The van der Waals surface area contributed by atoms with Crippen molar-refractivity contribution in [3.05, 3.63) is 59.9 Å². The van der Waals surface area contributed by atoms with Crippen LogP contribution in [0.3, 0.4) is 0 Å². The number of urea groups is 1. The van der Waals surface area contributed by atoms with Gasteiger partial charge < -0.3 is 10.6 Å². The lowest BCUT2D eigenvalue weighted by molar-refractivity contribution is 0.0951. The van der Waals surface area contributed by atoms with Gasteiger partial charge in [0.05, 0.1) is 0 Å². The molecular formula is C16H16N4O2. The summed E-state index contributed by atoms with van der Waals surface area (Å²) >= 11 is 0. The number of nitrogens with zero attached hydrogens (tertiary/aromatic N) is 2. The van der Waals surface area contributed by atoms with Gasteiger partial charge in [0.15, 0.2) is 0 Å². The van der Waals surface area contributed by atoms with Crippen molar-refractivity contribution < 1.29 is 9.59 Å². The Morgan fingerprint density at radius 1 is 1.32 bits per heavy atom. The summed E-state index contributed by atoms with van der Waals surface area (Å²) in [4.78, 5) is 29.5. The van der Waals surface area contributed by atoms with Gasteiger partial charge in [0.2, 0.25) is 0 Å². The molecule has 6 nitrogen and oxygen atoms in total. The second-order valence-electron chi connectivity index (χ2n) is 4.98. The van der Waals surface area contributed by atoms with Gasteiger partial charge in [-0.25, -0.2) is 4.79 Å². The van der Waals surface area contributed by atoms with Crippen LogP contribution in [0.1, 0.15) is 15.9 Å². The van der Waals surface area contributed by atoms with E-state index in [1.807, 2.05) is 18.2 Å². The summed E-state index contributed by atoms with van der Waals surface area (Å²) in [6.07, 6.45) is 3.40. The van der Waals surface area contributed by atoms with Crippen LogP contribution in [-0.2, 0) is 6.54 Å². The Kier molecular flexibility index (Phi) is 4.00. The zero-order valence-corrected chi connectivity index (χ0v) is 12.0. The van der Waals surface area contributed by atoms with Crippen LogP contribution < -0.4 is 15.5 Å². The molecule has 1 saturated heterocycles. The molecule has 3 rings (SSSR count). The fourth-order valence-corrected chi connectivity index (χ4v) is 2.32. The highest BCUT2D eigenvalue weighted by atomic mass is 16.2. The van der Waals surface area contributed by atoms with Gasteiger partial charge in [-0.2, -0.15) is 0 Å². The van der Waals surface area contributed by atoms with E-state index in [-0.39, 0.29) is 11.9 Å². The minimum atomic E-state index is -0.176. The number of rotatable bonds is 4. The van der Waals surface area contributed by atoms with E-state index in [0.717, 1.165) is 11.3 Å². The molecule has 0 bridgehead atoms. The van der Waals surface area contributed by atoms with E-state index >= 15 is 0 Å². The molecule has 6 heteroatoms. The SMILES string of the molecule is O=C(NCc1cccnc1)c1cccc(N2CCNC2=O)c1. The summed E-state index contributed by atoms with van der Waals surface area (Å²) in [6, 6.07) is 10.7. The van der Waals surface area contributed by atoms with Crippen LogP contribution in [0.4, 0.5) is 10.5 Å². The number of amides is 3. The zero-order chi connectivity index (χ0) is 15.4. The maximum Gasteiger partial charge on any atom is 0.321 e. The second-order valence-corrected chi connectivity index (χ2v) is 4.98. The van der Waals surface area contributed by atoms with Crippen molar-refractivity contribution >= 4 is 17.6 Å². The van der Waals surface area contributed by atoms with Gasteiger partial charge in [-0.3, -0.25) is 14.7 Å². The van der Waals surface area contributed by atoms with Crippen LogP contribution in [0.15, 0.2) is 48.8 Å². The van der Waals surface area contributed by atoms with Gasteiger partial charge in [-0.05, 0) is 29.8 Å². The van der Waals surface area contributed by atoms with E-state index in [2.05, 4.69) is 15.6 Å². The van der Waals surface area contributed by atoms with Crippen molar-refractivity contribution in [3.63, 3.8) is 0 Å². The number of anilines is 1. The molecule has 1 aliphatic heterocycles. The van der Waals surface area contributed by atoms with Crippen molar-refractivity contribution in [2.45, 2.75) is 6.54 Å². The standard InChI is InChI=1S/C16H16N4O2/c21-15(19-11-12-3-2-6-17-10-12)13-4-1-5-14(9-13)20-8-7-18-16(20)22/h1-6,9-10H,7-8,11H2,(H,18,22)(H,19,21). The number of pyridine rings is 1. The van der Waals surface area contributed by atoms with Gasteiger partial charge in [0, 0.05) is 43.3 Å². The molecule has 2 N–H and O–H groups in total. The lowest BCUT2D eigenvalue weighted by Gasteiger charge is -2.15. The van der Waals surface area contributed by atoms with Gasteiger partial charge in [-0.1, -0.05) is 12.1 Å². The molecular weight excluding hydrogens is 280 g/mol. The van der Waals surface area contributed by atoms with E-state index in [0.29, 0.717) is 25.2 Å². The molecule has 0 spiro atoms. The smallest absolute Gasteiger partial charge is 0.321 e. The summed E-state index contributed by atoms with van der Waals surface area (Å²) in [7, 11) is 0. The maximum atomic E-state index is 12.2. The summed E-state index contributed by atoms with van der Waals surface area (Å²) in [6.45, 7) is 1.65. The second kappa shape index (κ2) is 6.26. The van der Waals surface area contributed by atoms with Crippen molar-refractivity contribution in [1.29, 1.82) is 0 Å². The molecule has 3 amide bonds. The van der Waals surface area contributed by atoms with Gasteiger partial charge in [0.1, 0.15) is 0 Å². The fourth-order valence-electron chi connectivity index (χ4n) is 2.32. The lowest BCUT2D eigenvalue weighted by atomic mass is 10.1. The van der Waals surface area contributed by atoms with Crippen molar-refractivity contribution in [2.24, 2.45) is 0 Å². The fraction of sp³-hybridized carbons (Fsp3) is 0.188. The molecule has 2 aromatic rings. The molecule has 2 heterocycles. The number of carbonyl (C=O) groups excluding carboxylic acids is 2. The molecule has 1 fully saturated rings. The monoisotopic (exact) mass is 296 g/mol. The van der Waals surface area contributed by atoms with Crippen LogP contribution in [0.25, 0.3) is 0 Å². The van der Waals surface area contributed by atoms with Crippen molar-refractivity contribution in [3.8, 4) is 0 Å². The van der Waals surface area contributed by atoms with E-state index in [4.69, 9.17) is 0 Å². The van der Waals surface area contributed by atoms with E-state index in [1.165, 1.54) is 0 Å². The maximum absolute atomic E-state index is 12.2. The van der Waals surface area contributed by atoms with Crippen LogP contribution in [0, 0.1) is 0 Å². The highest BCUT2D eigenvalue weighted by Crippen LogP contribution is 2.18. The Bertz CT molecular complexity index is 688. The number of nitrogens with one attached hydrogen (secondary N) is 2. The molecule has 0 radical (unpaired) electrons. The molecule has 0 saturated carbocycles. The molecule has 0 aliphatic carbocycles. The third-order valence-electron chi connectivity index (χ3n) is 3.45. The molecule has 1 aromatic heterocycles. The van der Waals surface area contributed by atoms with Crippen LogP contribution in [0.2, 0.25) is 0 Å². The zero-order valence-electron chi connectivity index (χ0n) is 12.0. The van der Waals surface area contributed by atoms with E-state index in [9.17, 15) is 9.59 Å². The minimum Gasteiger partial charge on any atom is -0.348 e. The molecule has 0 atom stereocenters. The van der Waals surface area contributed by atoms with Crippen molar-refractivity contribution in [1.82, 2.24) is 15.6 Å². The Morgan fingerprint density at radius 3 is 2.95 bits per heavy atom. The lowest BCUT2D eigenvalue weighted by Crippen LogP contribution is -2.28. The average Bonchev–Trinajstić information content (AvgIpc) is 3.00. The largest absolute Gasteiger partial charge is 0.348 e. The van der Waals surface area contributed by atoms with E-state index < -0.39 is 0 Å². The average molecular weight is 296 g/mol. The topological polar surface area (TPSA) is 74.3 Å². The van der Waals surface area contributed by atoms with Crippen molar-refractivity contribution in [2.75, 3.05) is 18.0 Å². The first kappa shape index (κ1) is 14.1. The predicted molar refractivity (Wildman–Crippen MR) is 82.6 cm³/mol. The predicted octanol–water partition coefficient (Wildman–Crippen LogP) is 1.54. The Labute approximate surface area is 128 Å². The highest BCUT2D eigenvalue weighted by Gasteiger charge is 2.21. The van der Waals surface area contributed by atoms with Crippen LogP contribution >= 0.6 is 0 Å². The van der Waals surface area contributed by atoms with E-state index in [1.54, 1.807) is 35.5 Å². The Hall–Kier alpha value is -2.89. The Morgan fingerprint density at radius 2 is 2.23 bits per heavy atom. The minimum absolute atomic E-state index is 0.132. The first-order valence-corrected chi connectivity index (χ1v) is 7.06. The van der Waals surface area contributed by atoms with Gasteiger partial charge >= 0.3 is 6.03 Å². The number of carbonyl (C=O) groups is 2. The van der Waals surface area contributed by atoms with Gasteiger partial charge in [-0.15, -0.1) is 0 Å². The third-order valence-corrected chi connectivity index (χ3v) is 3.45. The van der Waals surface area contributed by atoms with Crippen LogP contribution in [0.5, 0.6) is 0 Å². The summed E-state index contributed by atoms with van der Waals surface area (Å²) in [5.74, 6) is -0.176.